The number of hydrogen-bond acceptors (Lipinski definition) is 7. The van der Waals surface area contributed by atoms with Crippen molar-refractivity contribution in [1.82, 2.24) is 35.1 Å². The summed E-state index contributed by atoms with van der Waals surface area (Å²) in [6.07, 6.45) is 5.26. The SMILES string of the molecule is Cc1cc(C)c2cc(CN(Cc3cccnc3)[C@H](c3nnnn3Cc3ccco3)C(C)C)c(=O)[nH]c2c1. The molecule has 9 nitrogen and oxygen atoms in total. The van der Waals surface area contributed by atoms with Crippen LogP contribution >= 0.6 is 0 Å². The van der Waals surface area contributed by atoms with E-state index in [0.717, 1.165) is 39.2 Å². The second-order valence-corrected chi connectivity index (χ2v) is 9.90. The van der Waals surface area contributed by atoms with Crippen LogP contribution in [-0.2, 0) is 19.6 Å². The van der Waals surface area contributed by atoms with E-state index in [4.69, 9.17) is 4.42 Å². The normalized spacial score (nSPS) is 12.6. The molecule has 0 bridgehead atoms. The quantitative estimate of drug-likeness (QED) is 0.318. The van der Waals surface area contributed by atoms with Crippen molar-refractivity contribution in [3.05, 3.63) is 105 Å². The number of benzene rings is 1. The molecule has 0 aliphatic rings. The zero-order chi connectivity index (χ0) is 25.9. The highest BCUT2D eigenvalue weighted by atomic mass is 16.3. The molecule has 4 aromatic heterocycles. The van der Waals surface area contributed by atoms with E-state index in [1.54, 1.807) is 17.1 Å². The summed E-state index contributed by atoms with van der Waals surface area (Å²) in [5.41, 5.74) is 4.75. The number of furan rings is 1. The Morgan fingerprint density at radius 1 is 1.11 bits per heavy atom. The first kappa shape index (κ1) is 24.6. The zero-order valence-corrected chi connectivity index (χ0v) is 21.5. The van der Waals surface area contributed by atoms with E-state index in [1.807, 2.05) is 49.5 Å². The topological polar surface area (TPSA) is 106 Å². The van der Waals surface area contributed by atoms with E-state index in [1.165, 1.54) is 0 Å². The highest BCUT2D eigenvalue weighted by molar-refractivity contribution is 5.83. The molecule has 1 aromatic carbocycles. The average Bonchev–Trinajstić information content (AvgIpc) is 3.53. The summed E-state index contributed by atoms with van der Waals surface area (Å²) >= 11 is 0. The highest BCUT2D eigenvalue weighted by Crippen LogP contribution is 2.30. The number of aromatic nitrogens is 6. The van der Waals surface area contributed by atoms with E-state index < -0.39 is 0 Å². The van der Waals surface area contributed by atoms with E-state index in [9.17, 15) is 4.79 Å². The molecule has 9 heteroatoms. The van der Waals surface area contributed by atoms with Crippen molar-refractivity contribution in [2.45, 2.75) is 53.4 Å². The Balaban J connectivity index is 1.57. The van der Waals surface area contributed by atoms with Gasteiger partial charge in [0, 0.05) is 41.9 Å². The molecule has 5 rings (SSSR count). The number of hydrogen-bond donors (Lipinski definition) is 1. The Bertz CT molecular complexity index is 1540. The van der Waals surface area contributed by atoms with E-state index in [-0.39, 0.29) is 17.5 Å². The number of aryl methyl sites for hydroxylation is 2. The van der Waals surface area contributed by atoms with Gasteiger partial charge in [-0.05, 0) is 77.2 Å². The van der Waals surface area contributed by atoms with Crippen molar-refractivity contribution in [2.24, 2.45) is 5.92 Å². The first-order valence-corrected chi connectivity index (χ1v) is 12.4. The van der Waals surface area contributed by atoms with Crippen LogP contribution in [-0.4, -0.2) is 35.1 Å². The monoisotopic (exact) mass is 497 g/mol. The number of nitrogens with one attached hydrogen (secondary N) is 1. The Morgan fingerprint density at radius 2 is 1.97 bits per heavy atom. The molecule has 0 amide bonds. The third kappa shape index (κ3) is 5.36. The van der Waals surface area contributed by atoms with Gasteiger partial charge in [0.05, 0.1) is 12.3 Å². The minimum atomic E-state index is -0.167. The van der Waals surface area contributed by atoms with E-state index >= 15 is 0 Å². The lowest BCUT2D eigenvalue weighted by molar-refractivity contribution is 0.125. The fourth-order valence-electron chi connectivity index (χ4n) is 5.00. The third-order valence-electron chi connectivity index (χ3n) is 6.61. The van der Waals surface area contributed by atoms with Crippen LogP contribution in [0.3, 0.4) is 0 Å². The molecule has 0 aliphatic heterocycles. The summed E-state index contributed by atoms with van der Waals surface area (Å²) < 4.78 is 7.32. The average molecular weight is 498 g/mol. The molecular weight excluding hydrogens is 466 g/mol. The van der Waals surface area contributed by atoms with Crippen molar-refractivity contribution >= 4 is 10.9 Å². The molecule has 190 valence electrons. The van der Waals surface area contributed by atoms with Crippen LogP contribution in [0.25, 0.3) is 10.9 Å². The zero-order valence-electron chi connectivity index (χ0n) is 21.5. The summed E-state index contributed by atoms with van der Waals surface area (Å²) in [7, 11) is 0. The summed E-state index contributed by atoms with van der Waals surface area (Å²) in [5.74, 6) is 1.65. The Kier molecular flexibility index (Phi) is 6.96. The molecule has 0 radical (unpaired) electrons. The molecule has 1 N–H and O–H groups in total. The lowest BCUT2D eigenvalue weighted by Gasteiger charge is -2.33. The number of tetrazole rings is 1. The molecule has 0 aliphatic carbocycles. The molecular formula is C28H31N7O2. The standard InChI is InChI=1S/C28H31N7O2/c1-18(2)26(27-31-32-33-35(27)17-23-8-6-10-37-23)34(15-21-7-5-9-29-14-21)16-22-13-24-20(4)11-19(3)12-25(24)30-28(22)36/h5-14,18,26H,15-17H2,1-4H3,(H,30,36)/t26-/m0/s1. The number of pyridine rings is 2. The van der Waals surface area contributed by atoms with Gasteiger partial charge in [-0.1, -0.05) is 26.0 Å². The predicted molar refractivity (Wildman–Crippen MR) is 141 cm³/mol. The second kappa shape index (κ2) is 10.5. The summed E-state index contributed by atoms with van der Waals surface area (Å²) in [4.78, 5) is 22.9. The first-order chi connectivity index (χ1) is 17.9. The summed E-state index contributed by atoms with van der Waals surface area (Å²) in [5, 5.41) is 13.7. The third-order valence-corrected chi connectivity index (χ3v) is 6.61. The first-order valence-electron chi connectivity index (χ1n) is 12.4. The minimum absolute atomic E-state index is 0.0913. The molecule has 0 fully saturated rings. The van der Waals surface area contributed by atoms with Gasteiger partial charge in [-0.2, -0.15) is 0 Å². The molecule has 4 heterocycles. The molecule has 37 heavy (non-hydrogen) atoms. The number of nitrogens with zero attached hydrogens (tertiary/aromatic N) is 6. The van der Waals surface area contributed by atoms with Crippen molar-refractivity contribution in [3.63, 3.8) is 0 Å². The van der Waals surface area contributed by atoms with Crippen molar-refractivity contribution in [2.75, 3.05) is 0 Å². The van der Waals surface area contributed by atoms with Crippen LogP contribution in [0.4, 0.5) is 0 Å². The molecule has 1 atom stereocenters. The number of rotatable bonds is 9. The fraction of sp³-hybridized carbons (Fsp3) is 0.321. The molecule has 5 aromatic rings. The molecule has 0 spiro atoms. The number of H-pyrrole nitrogens is 1. The molecule has 0 unspecified atom stereocenters. The van der Waals surface area contributed by atoms with Gasteiger partial charge < -0.3 is 9.40 Å². The van der Waals surface area contributed by atoms with E-state index in [0.29, 0.717) is 25.2 Å². The molecule has 0 saturated heterocycles. The van der Waals surface area contributed by atoms with Crippen molar-refractivity contribution in [1.29, 1.82) is 0 Å². The maximum Gasteiger partial charge on any atom is 0.252 e. The van der Waals surface area contributed by atoms with Gasteiger partial charge in [0.15, 0.2) is 5.82 Å². The number of fused-ring (bicyclic) bond motifs is 1. The maximum absolute atomic E-state index is 13.2. The lowest BCUT2D eigenvalue weighted by atomic mass is 9.99. The van der Waals surface area contributed by atoms with Crippen LogP contribution in [0.1, 0.15) is 53.7 Å². The summed E-state index contributed by atoms with van der Waals surface area (Å²) in [6, 6.07) is 13.7. The van der Waals surface area contributed by atoms with Gasteiger partial charge in [-0.3, -0.25) is 14.7 Å². The van der Waals surface area contributed by atoms with Crippen molar-refractivity contribution in [3.8, 4) is 0 Å². The predicted octanol–water partition coefficient (Wildman–Crippen LogP) is 4.57. The van der Waals surface area contributed by atoms with Crippen LogP contribution in [0.2, 0.25) is 0 Å². The van der Waals surface area contributed by atoms with Crippen LogP contribution < -0.4 is 5.56 Å². The Labute approximate surface area is 215 Å². The van der Waals surface area contributed by atoms with Crippen LogP contribution in [0.15, 0.2) is 70.3 Å². The Hall–Kier alpha value is -4.11. The van der Waals surface area contributed by atoms with Gasteiger partial charge in [-0.15, -0.1) is 5.10 Å². The van der Waals surface area contributed by atoms with Crippen LogP contribution in [0.5, 0.6) is 0 Å². The summed E-state index contributed by atoms with van der Waals surface area (Å²) in [6.45, 7) is 9.82. The lowest BCUT2D eigenvalue weighted by Crippen LogP contribution is -2.35. The smallest absolute Gasteiger partial charge is 0.252 e. The second-order valence-electron chi connectivity index (χ2n) is 9.90. The van der Waals surface area contributed by atoms with E-state index in [2.05, 4.69) is 57.2 Å². The van der Waals surface area contributed by atoms with Crippen LogP contribution in [0, 0.1) is 19.8 Å². The van der Waals surface area contributed by atoms with Gasteiger partial charge in [0.1, 0.15) is 12.3 Å². The largest absolute Gasteiger partial charge is 0.467 e. The number of aromatic amines is 1. The van der Waals surface area contributed by atoms with Crippen molar-refractivity contribution < 1.29 is 4.42 Å². The fourth-order valence-corrected chi connectivity index (χ4v) is 5.00. The highest BCUT2D eigenvalue weighted by Gasteiger charge is 2.30. The minimum Gasteiger partial charge on any atom is -0.467 e. The Morgan fingerprint density at radius 3 is 2.70 bits per heavy atom. The molecule has 0 saturated carbocycles. The maximum atomic E-state index is 13.2. The van der Waals surface area contributed by atoms with Gasteiger partial charge >= 0.3 is 0 Å². The van der Waals surface area contributed by atoms with Gasteiger partial charge in [-0.25, -0.2) is 4.68 Å². The van der Waals surface area contributed by atoms with Gasteiger partial charge in [0.2, 0.25) is 0 Å². The van der Waals surface area contributed by atoms with Gasteiger partial charge in [0.25, 0.3) is 5.56 Å².